The van der Waals surface area contributed by atoms with Crippen LogP contribution < -0.4 is 5.32 Å². The van der Waals surface area contributed by atoms with Gasteiger partial charge in [0.25, 0.3) is 0 Å². The van der Waals surface area contributed by atoms with Crippen molar-refractivity contribution in [2.24, 2.45) is 0 Å². The molecule has 1 aromatic rings. The van der Waals surface area contributed by atoms with Gasteiger partial charge in [0.15, 0.2) is 0 Å². The van der Waals surface area contributed by atoms with Crippen LogP contribution in [0, 0.1) is 0 Å². The van der Waals surface area contributed by atoms with E-state index in [0.29, 0.717) is 0 Å². The summed E-state index contributed by atoms with van der Waals surface area (Å²) in [5.41, 5.74) is 1.06. The molecule has 0 fully saturated rings. The van der Waals surface area contributed by atoms with Crippen molar-refractivity contribution in [3.05, 3.63) is 30.1 Å². The lowest BCUT2D eigenvalue weighted by Crippen LogP contribution is -2.47. The van der Waals surface area contributed by atoms with Crippen LogP contribution in [0.2, 0.25) is 0 Å². The summed E-state index contributed by atoms with van der Waals surface area (Å²) in [6, 6.07) is 3.97. The molecule has 3 heteroatoms. The largest absolute Gasteiger partial charge is 0.394 e. The zero-order valence-electron chi connectivity index (χ0n) is 9.53. The average Bonchev–Trinajstić information content (AvgIpc) is 2.33. The van der Waals surface area contributed by atoms with Crippen LogP contribution in [0.15, 0.2) is 24.5 Å². The minimum Gasteiger partial charge on any atom is -0.394 e. The third-order valence-corrected chi connectivity index (χ3v) is 3.07. The molecular weight excluding hydrogens is 188 g/mol. The first-order valence-corrected chi connectivity index (χ1v) is 5.51. The summed E-state index contributed by atoms with van der Waals surface area (Å²) in [5, 5.41) is 12.8. The maximum Gasteiger partial charge on any atom is 0.0613 e. The van der Waals surface area contributed by atoms with E-state index in [1.807, 2.05) is 12.1 Å². The summed E-state index contributed by atoms with van der Waals surface area (Å²) in [6.45, 7) is 5.16. The zero-order chi connectivity index (χ0) is 11.1. The maximum atomic E-state index is 9.38. The topological polar surface area (TPSA) is 45.1 Å². The van der Waals surface area contributed by atoms with Crippen LogP contribution in [0.3, 0.4) is 0 Å². The fourth-order valence-electron chi connectivity index (χ4n) is 1.57. The molecule has 2 N–H and O–H groups in total. The maximum absolute atomic E-state index is 9.38. The molecule has 0 unspecified atom stereocenters. The number of nitrogens with one attached hydrogen (secondary N) is 1. The fraction of sp³-hybridized carbons (Fsp3) is 0.583. The van der Waals surface area contributed by atoms with Crippen molar-refractivity contribution in [2.45, 2.75) is 38.8 Å². The van der Waals surface area contributed by atoms with Gasteiger partial charge in [-0.15, -0.1) is 0 Å². The van der Waals surface area contributed by atoms with Crippen molar-refractivity contribution in [3.63, 3.8) is 0 Å². The van der Waals surface area contributed by atoms with Gasteiger partial charge in [0.05, 0.1) is 6.61 Å². The Hall–Kier alpha value is -0.930. The van der Waals surface area contributed by atoms with Crippen molar-refractivity contribution >= 4 is 0 Å². The van der Waals surface area contributed by atoms with E-state index in [1.165, 1.54) is 5.56 Å². The molecule has 0 saturated heterocycles. The Morgan fingerprint density at radius 1 is 1.27 bits per heavy atom. The third kappa shape index (κ3) is 3.29. The Balaban J connectivity index is 2.54. The smallest absolute Gasteiger partial charge is 0.0613 e. The molecule has 3 nitrogen and oxygen atoms in total. The summed E-state index contributed by atoms with van der Waals surface area (Å²) >= 11 is 0. The number of hydrogen-bond acceptors (Lipinski definition) is 3. The van der Waals surface area contributed by atoms with E-state index in [0.717, 1.165) is 19.4 Å². The lowest BCUT2D eigenvalue weighted by molar-refractivity contribution is 0.149. The Labute approximate surface area is 91.5 Å². The van der Waals surface area contributed by atoms with Gasteiger partial charge in [-0.25, -0.2) is 0 Å². The predicted octanol–water partition coefficient (Wildman–Crippen LogP) is 1.72. The highest BCUT2D eigenvalue weighted by atomic mass is 16.3. The number of rotatable bonds is 6. The van der Waals surface area contributed by atoms with Crippen LogP contribution >= 0.6 is 0 Å². The number of nitrogens with zero attached hydrogens (tertiary/aromatic N) is 1. The molecule has 1 heterocycles. The zero-order valence-corrected chi connectivity index (χ0v) is 9.53. The molecule has 0 radical (unpaired) electrons. The Kier molecular flexibility index (Phi) is 4.72. The van der Waals surface area contributed by atoms with Crippen LogP contribution in [-0.2, 0) is 6.54 Å². The first kappa shape index (κ1) is 12.1. The predicted molar refractivity (Wildman–Crippen MR) is 61.5 cm³/mol. The molecule has 0 aromatic carbocycles. The summed E-state index contributed by atoms with van der Waals surface area (Å²) in [5.74, 6) is 0. The highest BCUT2D eigenvalue weighted by Gasteiger charge is 2.23. The Morgan fingerprint density at radius 3 is 2.33 bits per heavy atom. The monoisotopic (exact) mass is 208 g/mol. The van der Waals surface area contributed by atoms with Crippen LogP contribution in [0.25, 0.3) is 0 Å². The molecular formula is C12H20N2O. The summed E-state index contributed by atoms with van der Waals surface area (Å²) in [6.07, 6.45) is 5.45. The van der Waals surface area contributed by atoms with E-state index in [1.54, 1.807) is 12.4 Å². The highest BCUT2D eigenvalue weighted by Crippen LogP contribution is 2.14. The molecule has 0 aliphatic carbocycles. The van der Waals surface area contributed by atoms with Gasteiger partial charge in [0.1, 0.15) is 0 Å². The average molecular weight is 208 g/mol. The van der Waals surface area contributed by atoms with Crippen molar-refractivity contribution in [2.75, 3.05) is 6.61 Å². The first-order chi connectivity index (χ1) is 7.26. The van der Waals surface area contributed by atoms with Gasteiger partial charge in [-0.1, -0.05) is 13.8 Å². The molecule has 0 amide bonds. The minimum atomic E-state index is -0.136. The number of pyridine rings is 1. The molecule has 84 valence electrons. The molecule has 0 bridgehead atoms. The lowest BCUT2D eigenvalue weighted by atomic mass is 9.93. The molecule has 0 saturated carbocycles. The van der Waals surface area contributed by atoms with Crippen LogP contribution in [0.1, 0.15) is 32.3 Å². The highest BCUT2D eigenvalue weighted by molar-refractivity contribution is 5.09. The quantitative estimate of drug-likeness (QED) is 0.748. The molecule has 0 spiro atoms. The molecule has 1 rings (SSSR count). The third-order valence-electron chi connectivity index (χ3n) is 3.07. The van der Waals surface area contributed by atoms with E-state index >= 15 is 0 Å². The van der Waals surface area contributed by atoms with Crippen LogP contribution in [0.5, 0.6) is 0 Å². The van der Waals surface area contributed by atoms with Gasteiger partial charge in [-0.05, 0) is 30.5 Å². The molecule has 0 aliphatic rings. The summed E-state index contributed by atoms with van der Waals surface area (Å²) < 4.78 is 0. The first-order valence-electron chi connectivity index (χ1n) is 5.51. The molecule has 0 atom stereocenters. The van der Waals surface area contributed by atoms with Gasteiger partial charge in [-0.3, -0.25) is 4.98 Å². The molecule has 0 aliphatic heterocycles. The second-order valence-corrected chi connectivity index (χ2v) is 3.85. The normalized spacial score (nSPS) is 11.7. The van der Waals surface area contributed by atoms with Crippen molar-refractivity contribution in [1.29, 1.82) is 0 Å². The van der Waals surface area contributed by atoms with Gasteiger partial charge < -0.3 is 10.4 Å². The standard InChI is InChI=1S/C12H20N2O/c1-3-12(4-2,10-15)14-9-11-5-7-13-8-6-11/h5-8,14-15H,3-4,9-10H2,1-2H3. The fourth-order valence-corrected chi connectivity index (χ4v) is 1.57. The van der Waals surface area contributed by atoms with Crippen LogP contribution in [-0.4, -0.2) is 22.2 Å². The summed E-state index contributed by atoms with van der Waals surface area (Å²) in [4.78, 5) is 3.97. The molecule has 1 aromatic heterocycles. The van der Waals surface area contributed by atoms with Crippen molar-refractivity contribution in [3.8, 4) is 0 Å². The minimum absolute atomic E-state index is 0.136. The van der Waals surface area contributed by atoms with Crippen molar-refractivity contribution in [1.82, 2.24) is 10.3 Å². The Morgan fingerprint density at radius 2 is 1.87 bits per heavy atom. The number of hydrogen-bond donors (Lipinski definition) is 2. The van der Waals surface area contributed by atoms with E-state index in [-0.39, 0.29) is 12.1 Å². The Bertz CT molecular complexity index is 262. The number of aliphatic hydroxyl groups is 1. The van der Waals surface area contributed by atoms with Gasteiger partial charge in [-0.2, -0.15) is 0 Å². The SMILES string of the molecule is CCC(CC)(CO)NCc1ccncc1. The lowest BCUT2D eigenvalue weighted by Gasteiger charge is -2.31. The number of aromatic nitrogens is 1. The number of aliphatic hydroxyl groups excluding tert-OH is 1. The van der Waals surface area contributed by atoms with Gasteiger partial charge >= 0.3 is 0 Å². The second kappa shape index (κ2) is 5.83. The van der Waals surface area contributed by atoms with E-state index in [4.69, 9.17) is 0 Å². The van der Waals surface area contributed by atoms with Crippen molar-refractivity contribution < 1.29 is 5.11 Å². The van der Waals surface area contributed by atoms with Crippen LogP contribution in [0.4, 0.5) is 0 Å². The molecule has 15 heavy (non-hydrogen) atoms. The van der Waals surface area contributed by atoms with Gasteiger partial charge in [0.2, 0.25) is 0 Å². The van der Waals surface area contributed by atoms with Gasteiger partial charge in [0, 0.05) is 24.5 Å². The van der Waals surface area contributed by atoms with E-state index < -0.39 is 0 Å². The second-order valence-electron chi connectivity index (χ2n) is 3.85. The van der Waals surface area contributed by atoms with E-state index in [2.05, 4.69) is 24.1 Å². The summed E-state index contributed by atoms with van der Waals surface area (Å²) in [7, 11) is 0. The van der Waals surface area contributed by atoms with E-state index in [9.17, 15) is 5.11 Å².